The summed E-state index contributed by atoms with van der Waals surface area (Å²) >= 11 is 2.01. The summed E-state index contributed by atoms with van der Waals surface area (Å²) in [6.07, 6.45) is 0.884. The molecule has 0 aromatic heterocycles. The standard InChI is InChI=1S/C15H30N2O2S/c1-10(2)13(17-14(18)19-15(4,5)6)9-16-12-7-8-20-11(12)3/h10-13,16H,7-9H2,1-6H3,(H,17,18). The van der Waals surface area contributed by atoms with Crippen LogP contribution in [0.3, 0.4) is 0 Å². The van der Waals surface area contributed by atoms with E-state index in [-0.39, 0.29) is 12.1 Å². The van der Waals surface area contributed by atoms with E-state index in [1.807, 2.05) is 32.5 Å². The van der Waals surface area contributed by atoms with Crippen LogP contribution in [-0.4, -0.2) is 41.3 Å². The Morgan fingerprint density at radius 3 is 2.50 bits per heavy atom. The largest absolute Gasteiger partial charge is 0.444 e. The van der Waals surface area contributed by atoms with Crippen molar-refractivity contribution in [3.05, 3.63) is 0 Å². The van der Waals surface area contributed by atoms with Gasteiger partial charge >= 0.3 is 6.09 Å². The van der Waals surface area contributed by atoms with Gasteiger partial charge in [-0.1, -0.05) is 20.8 Å². The molecule has 4 nitrogen and oxygen atoms in total. The van der Waals surface area contributed by atoms with Gasteiger partial charge < -0.3 is 15.4 Å². The Morgan fingerprint density at radius 1 is 1.40 bits per heavy atom. The summed E-state index contributed by atoms with van der Waals surface area (Å²) in [5.41, 5.74) is -0.449. The molecular formula is C15H30N2O2S. The van der Waals surface area contributed by atoms with Gasteiger partial charge in [-0.05, 0) is 38.9 Å². The first-order chi connectivity index (χ1) is 9.19. The highest BCUT2D eigenvalue weighted by atomic mass is 32.2. The summed E-state index contributed by atoms with van der Waals surface area (Å²) in [6, 6.07) is 0.657. The first-order valence-electron chi connectivity index (χ1n) is 7.53. The third-order valence-electron chi connectivity index (χ3n) is 3.48. The summed E-state index contributed by atoms with van der Waals surface area (Å²) < 4.78 is 5.33. The second kappa shape index (κ2) is 7.55. The van der Waals surface area contributed by atoms with Crippen molar-refractivity contribution in [2.75, 3.05) is 12.3 Å². The van der Waals surface area contributed by atoms with Gasteiger partial charge in [0.15, 0.2) is 0 Å². The quantitative estimate of drug-likeness (QED) is 0.819. The molecule has 0 saturated carbocycles. The van der Waals surface area contributed by atoms with E-state index in [2.05, 4.69) is 31.4 Å². The average molecular weight is 302 g/mol. The van der Waals surface area contributed by atoms with Crippen LogP contribution in [0, 0.1) is 5.92 Å². The van der Waals surface area contributed by atoms with Gasteiger partial charge in [0.2, 0.25) is 0 Å². The highest BCUT2D eigenvalue weighted by molar-refractivity contribution is 8.00. The summed E-state index contributed by atoms with van der Waals surface area (Å²) in [5, 5.41) is 7.23. The number of hydrogen-bond donors (Lipinski definition) is 2. The number of rotatable bonds is 5. The molecule has 0 aromatic rings. The van der Waals surface area contributed by atoms with E-state index >= 15 is 0 Å². The Bertz CT molecular complexity index is 315. The van der Waals surface area contributed by atoms with Crippen molar-refractivity contribution in [1.82, 2.24) is 10.6 Å². The van der Waals surface area contributed by atoms with Crippen molar-refractivity contribution in [1.29, 1.82) is 0 Å². The number of thioether (sulfide) groups is 1. The number of ether oxygens (including phenoxy) is 1. The minimum Gasteiger partial charge on any atom is -0.444 e. The Kier molecular flexibility index (Phi) is 6.65. The Labute approximate surface area is 127 Å². The lowest BCUT2D eigenvalue weighted by Gasteiger charge is -2.27. The minimum absolute atomic E-state index is 0.0997. The number of alkyl carbamates (subject to hydrolysis) is 1. The molecule has 20 heavy (non-hydrogen) atoms. The fourth-order valence-corrected chi connectivity index (χ4v) is 3.42. The number of nitrogens with one attached hydrogen (secondary N) is 2. The van der Waals surface area contributed by atoms with Crippen LogP contribution in [0.15, 0.2) is 0 Å². The van der Waals surface area contributed by atoms with Crippen molar-refractivity contribution in [2.45, 2.75) is 70.9 Å². The average Bonchev–Trinajstić information content (AvgIpc) is 2.67. The minimum atomic E-state index is -0.449. The molecule has 1 heterocycles. The van der Waals surface area contributed by atoms with Crippen LogP contribution < -0.4 is 10.6 Å². The Morgan fingerprint density at radius 2 is 2.05 bits per heavy atom. The third kappa shape index (κ3) is 6.35. The molecule has 0 spiro atoms. The lowest BCUT2D eigenvalue weighted by Crippen LogP contribution is -2.49. The predicted molar refractivity (Wildman–Crippen MR) is 86.3 cm³/mol. The number of carbonyl (C=O) groups is 1. The Hall–Kier alpha value is -0.420. The normalized spacial score (nSPS) is 24.8. The molecule has 0 aliphatic carbocycles. The molecule has 1 amide bonds. The maximum absolute atomic E-state index is 11.9. The molecular weight excluding hydrogens is 272 g/mol. The molecule has 0 radical (unpaired) electrons. The second-order valence-corrected chi connectivity index (χ2v) is 8.36. The third-order valence-corrected chi connectivity index (χ3v) is 4.81. The predicted octanol–water partition coefficient (Wildman–Crippen LogP) is 3.02. The lowest BCUT2D eigenvalue weighted by atomic mass is 10.0. The zero-order valence-electron chi connectivity index (χ0n) is 13.7. The molecule has 3 unspecified atom stereocenters. The molecule has 1 aliphatic rings. The topological polar surface area (TPSA) is 50.4 Å². The maximum atomic E-state index is 11.9. The zero-order valence-corrected chi connectivity index (χ0v) is 14.5. The summed E-state index contributed by atoms with van der Waals surface area (Å²) in [7, 11) is 0. The van der Waals surface area contributed by atoms with Gasteiger partial charge in [0.05, 0.1) is 0 Å². The maximum Gasteiger partial charge on any atom is 0.407 e. The van der Waals surface area contributed by atoms with Gasteiger partial charge in [0, 0.05) is 23.9 Å². The lowest BCUT2D eigenvalue weighted by molar-refractivity contribution is 0.0489. The van der Waals surface area contributed by atoms with Crippen LogP contribution >= 0.6 is 11.8 Å². The molecule has 1 rings (SSSR count). The van der Waals surface area contributed by atoms with E-state index in [1.165, 1.54) is 12.2 Å². The molecule has 0 aromatic carbocycles. The van der Waals surface area contributed by atoms with Crippen molar-refractivity contribution < 1.29 is 9.53 Å². The van der Waals surface area contributed by atoms with Crippen molar-refractivity contribution in [3.63, 3.8) is 0 Å². The molecule has 3 atom stereocenters. The highest BCUT2D eigenvalue weighted by Crippen LogP contribution is 2.26. The van der Waals surface area contributed by atoms with E-state index < -0.39 is 5.60 Å². The fourth-order valence-electron chi connectivity index (χ4n) is 2.19. The van der Waals surface area contributed by atoms with Crippen molar-refractivity contribution >= 4 is 17.9 Å². The van der Waals surface area contributed by atoms with Crippen LogP contribution in [-0.2, 0) is 4.74 Å². The van der Waals surface area contributed by atoms with Gasteiger partial charge in [-0.25, -0.2) is 4.79 Å². The van der Waals surface area contributed by atoms with Gasteiger partial charge in [-0.2, -0.15) is 11.8 Å². The monoisotopic (exact) mass is 302 g/mol. The summed E-state index contributed by atoms with van der Waals surface area (Å²) in [4.78, 5) is 11.9. The van der Waals surface area contributed by atoms with Crippen molar-refractivity contribution in [3.8, 4) is 0 Å². The van der Waals surface area contributed by atoms with Crippen LogP contribution in [0.4, 0.5) is 4.79 Å². The van der Waals surface area contributed by atoms with E-state index in [1.54, 1.807) is 0 Å². The fraction of sp³-hybridized carbons (Fsp3) is 0.933. The summed E-state index contributed by atoms with van der Waals surface area (Å²) in [5.74, 6) is 1.60. The second-order valence-electron chi connectivity index (χ2n) is 6.88. The van der Waals surface area contributed by atoms with Gasteiger partial charge in [-0.3, -0.25) is 0 Å². The van der Waals surface area contributed by atoms with Gasteiger partial charge in [0.1, 0.15) is 5.60 Å². The molecule has 0 bridgehead atoms. The molecule has 1 saturated heterocycles. The van der Waals surface area contributed by atoms with E-state index in [9.17, 15) is 4.79 Å². The summed E-state index contributed by atoms with van der Waals surface area (Å²) in [6.45, 7) is 13.0. The van der Waals surface area contributed by atoms with Crippen molar-refractivity contribution in [2.24, 2.45) is 5.92 Å². The molecule has 2 N–H and O–H groups in total. The zero-order chi connectivity index (χ0) is 15.3. The molecule has 5 heteroatoms. The Balaban J connectivity index is 2.42. The number of hydrogen-bond acceptors (Lipinski definition) is 4. The molecule has 118 valence electrons. The van der Waals surface area contributed by atoms with Gasteiger partial charge in [-0.15, -0.1) is 0 Å². The van der Waals surface area contributed by atoms with Crippen LogP contribution in [0.2, 0.25) is 0 Å². The SMILES string of the molecule is CC(C)C(CNC1CCSC1C)NC(=O)OC(C)(C)C. The van der Waals surface area contributed by atoms with Gasteiger partial charge in [0.25, 0.3) is 0 Å². The molecule has 1 fully saturated rings. The van der Waals surface area contributed by atoms with Crippen LogP contribution in [0.5, 0.6) is 0 Å². The van der Waals surface area contributed by atoms with Crippen LogP contribution in [0.25, 0.3) is 0 Å². The highest BCUT2D eigenvalue weighted by Gasteiger charge is 2.26. The first kappa shape index (κ1) is 17.6. The van der Waals surface area contributed by atoms with E-state index in [4.69, 9.17) is 4.74 Å². The smallest absolute Gasteiger partial charge is 0.407 e. The van der Waals surface area contributed by atoms with E-state index in [0.717, 1.165) is 6.54 Å². The number of amides is 1. The molecule has 1 aliphatic heterocycles. The first-order valence-corrected chi connectivity index (χ1v) is 8.58. The van der Waals surface area contributed by atoms with Crippen LogP contribution in [0.1, 0.15) is 48.0 Å². The van der Waals surface area contributed by atoms with E-state index in [0.29, 0.717) is 17.2 Å². The number of carbonyl (C=O) groups excluding carboxylic acids is 1.